The Hall–Kier alpha value is -1.75. The second-order valence-electron chi connectivity index (χ2n) is 2.89. The average molecular weight is 219 g/mol. The number of nitrogens with zero attached hydrogens (tertiary/aromatic N) is 2. The van der Waals surface area contributed by atoms with Crippen LogP contribution in [0.15, 0.2) is 30.7 Å². The first kappa shape index (κ1) is 9.79. The number of rotatable bonds is 2. The van der Waals surface area contributed by atoms with E-state index < -0.39 is 0 Å². The first-order valence-electron chi connectivity index (χ1n) is 4.35. The third kappa shape index (κ3) is 2.19. The minimum Gasteiger partial charge on any atom is -0.481 e. The molecule has 0 aromatic carbocycles. The molecule has 0 unspecified atom stereocenters. The Morgan fingerprint density at radius 2 is 2.20 bits per heavy atom. The van der Waals surface area contributed by atoms with Crippen LogP contribution in [0, 0.1) is 4.64 Å². The Labute approximate surface area is 92.0 Å². The van der Waals surface area contributed by atoms with Gasteiger partial charge in [0.15, 0.2) is 0 Å². The lowest BCUT2D eigenvalue weighted by Gasteiger charge is -2.02. The number of aromatic amines is 1. The highest BCUT2D eigenvalue weighted by molar-refractivity contribution is 7.71. The third-order valence-corrected chi connectivity index (χ3v) is 2.16. The molecule has 0 saturated carbocycles. The topological polar surface area (TPSA) is 50.8 Å². The van der Waals surface area contributed by atoms with Crippen molar-refractivity contribution in [1.29, 1.82) is 0 Å². The summed E-state index contributed by atoms with van der Waals surface area (Å²) in [4.78, 5) is 11.0. The highest BCUT2D eigenvalue weighted by Gasteiger charge is 1.99. The summed E-state index contributed by atoms with van der Waals surface area (Å²) >= 11 is 4.97. The Morgan fingerprint density at radius 1 is 1.33 bits per heavy atom. The van der Waals surface area contributed by atoms with Gasteiger partial charge in [-0.05, 0) is 12.1 Å². The van der Waals surface area contributed by atoms with E-state index in [0.717, 1.165) is 11.3 Å². The standard InChI is InChI=1S/C10H9N3OS/c1-14-9-3-2-7(5-11-9)8-4-10(15)13-6-12-8/h2-6H,1H3,(H,12,13,15). The Morgan fingerprint density at radius 3 is 2.80 bits per heavy atom. The molecule has 0 atom stereocenters. The van der Waals surface area contributed by atoms with Gasteiger partial charge in [-0.3, -0.25) is 0 Å². The zero-order valence-electron chi connectivity index (χ0n) is 8.10. The predicted octanol–water partition coefficient (Wildman–Crippen LogP) is 2.21. The van der Waals surface area contributed by atoms with Crippen LogP contribution >= 0.6 is 12.2 Å². The number of pyridine rings is 1. The van der Waals surface area contributed by atoms with E-state index in [1.54, 1.807) is 31.8 Å². The van der Waals surface area contributed by atoms with Gasteiger partial charge in [0, 0.05) is 17.8 Å². The maximum atomic E-state index is 4.97. The quantitative estimate of drug-likeness (QED) is 0.787. The van der Waals surface area contributed by atoms with Crippen molar-refractivity contribution < 1.29 is 4.74 Å². The van der Waals surface area contributed by atoms with E-state index in [-0.39, 0.29) is 0 Å². The van der Waals surface area contributed by atoms with Gasteiger partial charge < -0.3 is 9.72 Å². The van der Waals surface area contributed by atoms with Crippen LogP contribution in [0.4, 0.5) is 0 Å². The molecule has 0 aliphatic heterocycles. The van der Waals surface area contributed by atoms with Crippen molar-refractivity contribution in [3.05, 3.63) is 35.4 Å². The summed E-state index contributed by atoms with van der Waals surface area (Å²) in [5.41, 5.74) is 1.84. The fraction of sp³-hybridized carbons (Fsp3) is 0.100. The molecule has 2 aromatic heterocycles. The van der Waals surface area contributed by atoms with Gasteiger partial charge in [-0.1, -0.05) is 12.2 Å². The van der Waals surface area contributed by atoms with E-state index in [1.807, 2.05) is 6.07 Å². The molecule has 0 bridgehead atoms. The van der Waals surface area contributed by atoms with Crippen LogP contribution in [0.2, 0.25) is 0 Å². The van der Waals surface area contributed by atoms with Crippen molar-refractivity contribution in [3.63, 3.8) is 0 Å². The molecule has 0 radical (unpaired) electrons. The smallest absolute Gasteiger partial charge is 0.212 e. The minimum atomic E-state index is 0.555. The minimum absolute atomic E-state index is 0.555. The van der Waals surface area contributed by atoms with Gasteiger partial charge in [-0.25, -0.2) is 9.97 Å². The number of nitrogens with one attached hydrogen (secondary N) is 1. The summed E-state index contributed by atoms with van der Waals surface area (Å²) in [6, 6.07) is 5.50. The van der Waals surface area contributed by atoms with Gasteiger partial charge >= 0.3 is 0 Å². The Kier molecular flexibility index (Phi) is 2.73. The van der Waals surface area contributed by atoms with Crippen LogP contribution in [0.25, 0.3) is 11.3 Å². The lowest BCUT2D eigenvalue weighted by molar-refractivity contribution is 0.398. The molecule has 0 fully saturated rings. The zero-order chi connectivity index (χ0) is 10.7. The highest BCUT2D eigenvalue weighted by atomic mass is 32.1. The molecular weight excluding hydrogens is 210 g/mol. The molecule has 15 heavy (non-hydrogen) atoms. The van der Waals surface area contributed by atoms with Crippen molar-refractivity contribution >= 4 is 12.2 Å². The fourth-order valence-electron chi connectivity index (χ4n) is 1.19. The number of methoxy groups -OCH3 is 1. The van der Waals surface area contributed by atoms with E-state index in [2.05, 4.69) is 15.0 Å². The summed E-state index contributed by atoms with van der Waals surface area (Å²) in [7, 11) is 1.59. The highest BCUT2D eigenvalue weighted by Crippen LogP contribution is 2.17. The second-order valence-corrected chi connectivity index (χ2v) is 3.31. The van der Waals surface area contributed by atoms with Crippen LogP contribution in [-0.2, 0) is 0 Å². The molecule has 5 heteroatoms. The van der Waals surface area contributed by atoms with Gasteiger partial charge in [0.25, 0.3) is 0 Å². The largest absolute Gasteiger partial charge is 0.481 e. The average Bonchev–Trinajstić information content (AvgIpc) is 2.29. The van der Waals surface area contributed by atoms with Crippen molar-refractivity contribution in [2.75, 3.05) is 7.11 Å². The number of hydrogen-bond acceptors (Lipinski definition) is 4. The molecule has 0 amide bonds. The Balaban J connectivity index is 2.41. The molecule has 2 rings (SSSR count). The Bertz CT molecular complexity index is 507. The molecule has 0 spiro atoms. The van der Waals surface area contributed by atoms with E-state index in [9.17, 15) is 0 Å². The van der Waals surface area contributed by atoms with Gasteiger partial charge in [0.1, 0.15) is 4.64 Å². The first-order chi connectivity index (χ1) is 7.29. The summed E-state index contributed by atoms with van der Waals surface area (Å²) < 4.78 is 5.53. The molecule has 4 nitrogen and oxygen atoms in total. The second kappa shape index (κ2) is 4.18. The molecule has 2 heterocycles. The fourth-order valence-corrected chi connectivity index (χ4v) is 1.37. The van der Waals surface area contributed by atoms with E-state index >= 15 is 0 Å². The zero-order valence-corrected chi connectivity index (χ0v) is 8.91. The molecule has 1 N–H and O–H groups in total. The molecule has 2 aromatic rings. The van der Waals surface area contributed by atoms with Gasteiger partial charge in [0.2, 0.25) is 5.88 Å². The summed E-state index contributed by atoms with van der Waals surface area (Å²) in [6.07, 6.45) is 3.29. The number of H-pyrrole nitrogens is 1. The lowest BCUT2D eigenvalue weighted by atomic mass is 10.2. The maximum Gasteiger partial charge on any atom is 0.212 e. The normalized spacial score (nSPS) is 9.93. The van der Waals surface area contributed by atoms with Crippen molar-refractivity contribution in [1.82, 2.24) is 15.0 Å². The maximum absolute atomic E-state index is 4.97. The van der Waals surface area contributed by atoms with Gasteiger partial charge in [-0.15, -0.1) is 0 Å². The summed E-state index contributed by atoms with van der Waals surface area (Å²) in [5, 5.41) is 0. The van der Waals surface area contributed by atoms with Crippen LogP contribution in [0.1, 0.15) is 0 Å². The van der Waals surface area contributed by atoms with Crippen LogP contribution in [0.3, 0.4) is 0 Å². The van der Waals surface area contributed by atoms with Crippen molar-refractivity contribution in [2.45, 2.75) is 0 Å². The van der Waals surface area contributed by atoms with Gasteiger partial charge in [-0.2, -0.15) is 0 Å². The van der Waals surface area contributed by atoms with E-state index in [1.165, 1.54) is 0 Å². The number of aromatic nitrogens is 3. The predicted molar refractivity (Wildman–Crippen MR) is 59.2 cm³/mol. The number of ether oxygens (including phenoxy) is 1. The monoisotopic (exact) mass is 219 g/mol. The lowest BCUT2D eigenvalue weighted by Crippen LogP contribution is -1.89. The van der Waals surface area contributed by atoms with E-state index in [0.29, 0.717) is 10.5 Å². The van der Waals surface area contributed by atoms with Crippen LogP contribution in [-0.4, -0.2) is 22.1 Å². The summed E-state index contributed by atoms with van der Waals surface area (Å²) in [6.45, 7) is 0. The first-order valence-corrected chi connectivity index (χ1v) is 4.75. The van der Waals surface area contributed by atoms with Crippen molar-refractivity contribution in [3.8, 4) is 17.1 Å². The van der Waals surface area contributed by atoms with Gasteiger partial charge in [0.05, 0.1) is 19.1 Å². The molecule has 0 saturated heterocycles. The summed E-state index contributed by atoms with van der Waals surface area (Å²) in [5.74, 6) is 0.589. The van der Waals surface area contributed by atoms with Crippen molar-refractivity contribution in [2.24, 2.45) is 0 Å². The SMILES string of the molecule is COc1ccc(-c2cc(=S)nc[nH]2)cn1. The van der Waals surface area contributed by atoms with E-state index in [4.69, 9.17) is 17.0 Å². The molecule has 76 valence electrons. The third-order valence-electron chi connectivity index (χ3n) is 1.94. The number of hydrogen-bond donors (Lipinski definition) is 1. The molecule has 0 aliphatic carbocycles. The van der Waals surface area contributed by atoms with Crippen LogP contribution in [0.5, 0.6) is 5.88 Å². The molecule has 0 aliphatic rings. The van der Waals surface area contributed by atoms with Crippen LogP contribution < -0.4 is 4.74 Å². The molecular formula is C10H9N3OS.